The van der Waals surface area contributed by atoms with Crippen LogP contribution in [0, 0.1) is 0 Å². The largest absolute Gasteiger partial charge is 0.494 e. The van der Waals surface area contributed by atoms with Gasteiger partial charge in [0.25, 0.3) is 0 Å². The molecular formula is C38H39NO9. The number of benzene rings is 3. The third-order valence-corrected chi connectivity index (χ3v) is 6.38. The lowest BCUT2D eigenvalue weighted by Crippen LogP contribution is -2.08. The third-order valence-electron chi connectivity index (χ3n) is 6.38. The van der Waals surface area contributed by atoms with Crippen LogP contribution in [-0.4, -0.2) is 50.2 Å². The number of hydrogen-bond donors (Lipinski definition) is 1. The topological polar surface area (TPSA) is 126 Å². The minimum absolute atomic E-state index is 0.317. The Balaban J connectivity index is 1.33. The molecule has 0 aliphatic carbocycles. The van der Waals surface area contributed by atoms with Crippen molar-refractivity contribution in [1.29, 1.82) is 0 Å². The molecule has 3 aromatic rings. The Morgan fingerprint density at radius 3 is 1.46 bits per heavy atom. The van der Waals surface area contributed by atoms with E-state index in [9.17, 15) is 19.2 Å². The molecule has 0 radical (unpaired) electrons. The molecule has 48 heavy (non-hydrogen) atoms. The fourth-order valence-corrected chi connectivity index (χ4v) is 3.88. The monoisotopic (exact) mass is 653 g/mol. The first kappa shape index (κ1) is 36.6. The summed E-state index contributed by atoms with van der Waals surface area (Å²) in [5.41, 5.74) is 2.16. The number of nitrogens with one attached hydrogen (secondary N) is 1. The Morgan fingerprint density at radius 2 is 0.979 bits per heavy atom. The smallest absolute Gasteiger partial charge is 0.336 e. The normalized spacial score (nSPS) is 10.7. The van der Waals surface area contributed by atoms with Gasteiger partial charge in [-0.3, -0.25) is 4.79 Å². The van der Waals surface area contributed by atoms with Gasteiger partial charge in [0.05, 0.1) is 26.4 Å². The molecule has 0 aromatic heterocycles. The predicted octanol–water partition coefficient (Wildman–Crippen LogP) is 6.73. The van der Waals surface area contributed by atoms with E-state index in [-0.39, 0.29) is 5.91 Å². The molecule has 3 rings (SSSR count). The van der Waals surface area contributed by atoms with Crippen LogP contribution in [0.3, 0.4) is 0 Å². The molecule has 3 aromatic carbocycles. The van der Waals surface area contributed by atoms with Crippen LogP contribution < -0.4 is 19.5 Å². The van der Waals surface area contributed by atoms with Crippen LogP contribution in [0.2, 0.25) is 0 Å². The molecular weight excluding hydrogens is 614 g/mol. The Labute approximate surface area is 280 Å². The lowest BCUT2D eigenvalue weighted by Gasteiger charge is -2.07. The van der Waals surface area contributed by atoms with Gasteiger partial charge in [-0.2, -0.15) is 0 Å². The van der Waals surface area contributed by atoms with Crippen molar-refractivity contribution in [2.75, 3.05) is 31.7 Å². The zero-order valence-corrected chi connectivity index (χ0v) is 26.6. The van der Waals surface area contributed by atoms with Crippen molar-refractivity contribution in [3.63, 3.8) is 0 Å². The van der Waals surface area contributed by atoms with E-state index in [4.69, 9.17) is 23.7 Å². The van der Waals surface area contributed by atoms with Crippen molar-refractivity contribution in [2.24, 2.45) is 0 Å². The molecule has 0 bridgehead atoms. The van der Waals surface area contributed by atoms with E-state index < -0.39 is 17.9 Å². The van der Waals surface area contributed by atoms with E-state index in [0.717, 1.165) is 36.1 Å². The summed E-state index contributed by atoms with van der Waals surface area (Å²) in [7, 11) is 0. The standard InChI is InChI=1S/C38H39NO9/c1-3-36(41)46-27-7-5-25-44-32-17-9-29(10-18-32)13-23-35(40)39-31-15-21-34(22-16-31)48-38(43)24-14-30-11-19-33(20-12-30)45-26-6-8-28-47-37(42)4-2/h3-4,9-24H,1-2,5-8,25-28H2,(H,39,40). The fourth-order valence-electron chi connectivity index (χ4n) is 3.88. The first-order valence-corrected chi connectivity index (χ1v) is 15.4. The van der Waals surface area contributed by atoms with Gasteiger partial charge in [0.1, 0.15) is 17.2 Å². The number of rotatable bonds is 20. The number of carbonyl (C=O) groups is 4. The highest BCUT2D eigenvalue weighted by molar-refractivity contribution is 6.02. The van der Waals surface area contributed by atoms with Crippen LogP contribution in [0.5, 0.6) is 17.2 Å². The molecule has 10 nitrogen and oxygen atoms in total. The average molecular weight is 654 g/mol. The van der Waals surface area contributed by atoms with Gasteiger partial charge in [-0.25, -0.2) is 14.4 Å². The molecule has 0 saturated heterocycles. The van der Waals surface area contributed by atoms with E-state index in [1.54, 1.807) is 48.6 Å². The summed E-state index contributed by atoms with van der Waals surface area (Å²) in [6.45, 7) is 8.32. The fraction of sp³-hybridized carbons (Fsp3) is 0.211. The minimum Gasteiger partial charge on any atom is -0.494 e. The Morgan fingerprint density at radius 1 is 0.542 bits per heavy atom. The molecule has 10 heteroatoms. The highest BCUT2D eigenvalue weighted by Gasteiger charge is 2.04. The van der Waals surface area contributed by atoms with Crippen LogP contribution in [0.25, 0.3) is 12.2 Å². The van der Waals surface area contributed by atoms with Crippen LogP contribution in [-0.2, 0) is 28.7 Å². The second-order valence-corrected chi connectivity index (χ2v) is 10.1. The minimum atomic E-state index is -0.546. The predicted molar refractivity (Wildman–Crippen MR) is 183 cm³/mol. The number of unbranched alkanes of at least 4 members (excludes halogenated alkanes) is 2. The average Bonchev–Trinajstić information content (AvgIpc) is 3.11. The summed E-state index contributed by atoms with van der Waals surface area (Å²) in [5.74, 6) is -0.00589. The van der Waals surface area contributed by atoms with Crippen molar-refractivity contribution < 1.29 is 42.9 Å². The zero-order chi connectivity index (χ0) is 34.4. The van der Waals surface area contributed by atoms with Crippen molar-refractivity contribution in [3.8, 4) is 17.2 Å². The van der Waals surface area contributed by atoms with Crippen LogP contribution in [0.1, 0.15) is 36.8 Å². The zero-order valence-electron chi connectivity index (χ0n) is 26.6. The van der Waals surface area contributed by atoms with E-state index in [1.165, 1.54) is 12.2 Å². The molecule has 0 saturated carbocycles. The second-order valence-electron chi connectivity index (χ2n) is 10.1. The summed E-state index contributed by atoms with van der Waals surface area (Å²) in [5, 5.41) is 2.77. The van der Waals surface area contributed by atoms with Gasteiger partial charge in [0, 0.05) is 30.0 Å². The second kappa shape index (κ2) is 21.0. The lowest BCUT2D eigenvalue weighted by atomic mass is 10.2. The molecule has 0 atom stereocenters. The molecule has 1 N–H and O–H groups in total. The van der Waals surface area contributed by atoms with E-state index in [0.29, 0.717) is 62.2 Å². The van der Waals surface area contributed by atoms with Crippen LogP contribution in [0.15, 0.2) is 110 Å². The van der Waals surface area contributed by atoms with Gasteiger partial charge < -0.3 is 29.0 Å². The first-order valence-electron chi connectivity index (χ1n) is 15.4. The quantitative estimate of drug-likeness (QED) is 0.0611. The summed E-state index contributed by atoms with van der Waals surface area (Å²) >= 11 is 0. The maximum atomic E-state index is 12.4. The van der Waals surface area contributed by atoms with Gasteiger partial charge in [-0.1, -0.05) is 37.4 Å². The molecule has 0 heterocycles. The molecule has 250 valence electrons. The van der Waals surface area contributed by atoms with Crippen molar-refractivity contribution in [1.82, 2.24) is 0 Å². The molecule has 0 fully saturated rings. The molecule has 0 aliphatic heterocycles. The number of hydrogen-bond acceptors (Lipinski definition) is 9. The number of esters is 3. The summed E-state index contributed by atoms with van der Waals surface area (Å²) < 4.78 is 26.5. The third kappa shape index (κ3) is 14.9. The molecule has 0 aliphatic rings. The number of ether oxygens (including phenoxy) is 5. The Kier molecular flexibility index (Phi) is 16.0. The lowest BCUT2D eigenvalue weighted by molar-refractivity contribution is -0.138. The molecule has 0 spiro atoms. The molecule has 1 amide bonds. The highest BCUT2D eigenvalue weighted by Crippen LogP contribution is 2.18. The maximum Gasteiger partial charge on any atom is 0.336 e. The van der Waals surface area contributed by atoms with Gasteiger partial charge in [0.2, 0.25) is 5.91 Å². The maximum absolute atomic E-state index is 12.4. The highest BCUT2D eigenvalue weighted by atomic mass is 16.5. The van der Waals surface area contributed by atoms with E-state index in [2.05, 4.69) is 18.5 Å². The van der Waals surface area contributed by atoms with Crippen molar-refractivity contribution in [3.05, 3.63) is 121 Å². The van der Waals surface area contributed by atoms with Crippen molar-refractivity contribution >= 4 is 41.7 Å². The SMILES string of the molecule is C=CC(=O)OCCCCOc1ccc(C=CC(=O)Nc2ccc(OC(=O)C=Cc3ccc(OCCCCOC(=O)C=C)cc3)cc2)cc1. The van der Waals surface area contributed by atoms with E-state index >= 15 is 0 Å². The first-order chi connectivity index (χ1) is 23.3. The van der Waals surface area contributed by atoms with Gasteiger partial charge >= 0.3 is 17.9 Å². The number of anilines is 1. The Hall–Kier alpha value is -5.90. The van der Waals surface area contributed by atoms with Gasteiger partial charge in [-0.15, -0.1) is 0 Å². The van der Waals surface area contributed by atoms with Crippen LogP contribution >= 0.6 is 0 Å². The summed E-state index contributed by atoms with van der Waals surface area (Å²) in [4.78, 5) is 46.7. The van der Waals surface area contributed by atoms with Crippen LogP contribution in [0.4, 0.5) is 5.69 Å². The number of amides is 1. The van der Waals surface area contributed by atoms with Crippen molar-refractivity contribution in [2.45, 2.75) is 25.7 Å². The Bertz CT molecular complexity index is 1440. The summed E-state index contributed by atoms with van der Waals surface area (Å²) in [6.07, 6.45) is 11.2. The van der Waals surface area contributed by atoms with Gasteiger partial charge in [-0.05, 0) is 97.5 Å². The number of carbonyl (C=O) groups excluding carboxylic acids is 4. The molecule has 0 unspecified atom stereocenters. The summed E-state index contributed by atoms with van der Waals surface area (Å²) in [6, 6.07) is 21.0. The van der Waals surface area contributed by atoms with Gasteiger partial charge in [0.15, 0.2) is 0 Å². The van der Waals surface area contributed by atoms with E-state index in [1.807, 2.05) is 36.4 Å².